The standard InChI is InChI=1S/C10H19N3O2S2/c1-5-6-7(2)13(4)17(14,15)9-8(3)12-10(11)16-9/h7H,5-6H2,1-4H3,(H2,11,12). The van der Waals surface area contributed by atoms with Gasteiger partial charge in [-0.05, 0) is 20.3 Å². The maximum Gasteiger partial charge on any atom is 0.254 e. The maximum atomic E-state index is 12.3. The van der Waals surface area contributed by atoms with Crippen LogP contribution in [0.5, 0.6) is 0 Å². The minimum atomic E-state index is -3.46. The van der Waals surface area contributed by atoms with Crippen molar-refractivity contribution >= 4 is 26.5 Å². The molecule has 0 saturated carbocycles. The first-order chi connectivity index (χ1) is 7.80. The Labute approximate surface area is 107 Å². The molecule has 1 atom stereocenters. The quantitative estimate of drug-likeness (QED) is 0.891. The molecule has 1 aromatic rings. The zero-order chi connectivity index (χ0) is 13.2. The lowest BCUT2D eigenvalue weighted by atomic mass is 10.2. The van der Waals surface area contributed by atoms with Gasteiger partial charge in [-0.3, -0.25) is 0 Å². The van der Waals surface area contributed by atoms with Gasteiger partial charge in [0.2, 0.25) is 0 Å². The Morgan fingerprint density at radius 3 is 2.53 bits per heavy atom. The van der Waals surface area contributed by atoms with E-state index in [1.807, 2.05) is 13.8 Å². The molecular formula is C10H19N3O2S2. The summed E-state index contributed by atoms with van der Waals surface area (Å²) in [7, 11) is -1.86. The number of sulfonamides is 1. The summed E-state index contributed by atoms with van der Waals surface area (Å²) in [6.45, 7) is 5.60. The number of aryl methyl sites for hydroxylation is 1. The fourth-order valence-electron chi connectivity index (χ4n) is 1.61. The van der Waals surface area contributed by atoms with Gasteiger partial charge in [0.25, 0.3) is 10.0 Å². The van der Waals surface area contributed by atoms with E-state index in [9.17, 15) is 8.42 Å². The van der Waals surface area contributed by atoms with Gasteiger partial charge in [0.15, 0.2) is 9.34 Å². The summed E-state index contributed by atoms with van der Waals surface area (Å²) in [5, 5.41) is 0.289. The van der Waals surface area contributed by atoms with Crippen molar-refractivity contribution < 1.29 is 8.42 Å². The molecule has 0 aromatic carbocycles. The van der Waals surface area contributed by atoms with Crippen LogP contribution in [-0.4, -0.2) is 30.8 Å². The van der Waals surface area contributed by atoms with Crippen LogP contribution in [0.3, 0.4) is 0 Å². The summed E-state index contributed by atoms with van der Waals surface area (Å²) < 4.78 is 26.3. The lowest BCUT2D eigenvalue weighted by Crippen LogP contribution is -2.34. The first-order valence-corrected chi connectivity index (χ1v) is 7.77. The Kier molecular flexibility index (Phi) is 4.51. The van der Waals surface area contributed by atoms with Gasteiger partial charge in [0.05, 0.1) is 5.69 Å². The minimum absolute atomic E-state index is 0.0206. The molecule has 1 unspecified atom stereocenters. The summed E-state index contributed by atoms with van der Waals surface area (Å²) in [4.78, 5) is 3.96. The highest BCUT2D eigenvalue weighted by Gasteiger charge is 2.28. The second kappa shape index (κ2) is 5.32. The summed E-state index contributed by atoms with van der Waals surface area (Å²) in [5.41, 5.74) is 6.01. The lowest BCUT2D eigenvalue weighted by Gasteiger charge is -2.23. The van der Waals surface area contributed by atoms with E-state index >= 15 is 0 Å². The van der Waals surface area contributed by atoms with Gasteiger partial charge >= 0.3 is 0 Å². The molecule has 0 aliphatic heterocycles. The Morgan fingerprint density at radius 1 is 1.53 bits per heavy atom. The molecule has 5 nitrogen and oxygen atoms in total. The normalized spacial score (nSPS) is 14.2. The Balaban J connectivity index is 3.07. The number of thiazole rings is 1. The summed E-state index contributed by atoms with van der Waals surface area (Å²) >= 11 is 1.02. The van der Waals surface area contributed by atoms with Crippen LogP contribution >= 0.6 is 11.3 Å². The topological polar surface area (TPSA) is 76.3 Å². The maximum absolute atomic E-state index is 12.3. The molecule has 98 valence electrons. The highest BCUT2D eigenvalue weighted by molar-refractivity contribution is 7.91. The number of rotatable bonds is 5. The summed E-state index contributed by atoms with van der Waals surface area (Å²) in [5.74, 6) is 0. The van der Waals surface area contributed by atoms with E-state index in [4.69, 9.17) is 5.73 Å². The molecule has 17 heavy (non-hydrogen) atoms. The van der Waals surface area contributed by atoms with E-state index in [0.29, 0.717) is 5.69 Å². The third-order valence-electron chi connectivity index (χ3n) is 2.71. The number of nitrogens with two attached hydrogens (primary N) is 1. The van der Waals surface area contributed by atoms with E-state index in [2.05, 4.69) is 4.98 Å². The predicted molar refractivity (Wildman–Crippen MR) is 70.6 cm³/mol. The number of aromatic nitrogens is 1. The van der Waals surface area contributed by atoms with Crippen LogP contribution in [-0.2, 0) is 10.0 Å². The average molecular weight is 277 g/mol. The molecule has 0 aliphatic carbocycles. The van der Waals surface area contributed by atoms with Crippen LogP contribution in [0.1, 0.15) is 32.4 Å². The third kappa shape index (κ3) is 2.97. The fourth-order valence-corrected chi connectivity index (χ4v) is 4.46. The molecule has 0 radical (unpaired) electrons. The highest BCUT2D eigenvalue weighted by Crippen LogP contribution is 2.28. The lowest BCUT2D eigenvalue weighted by molar-refractivity contribution is 0.369. The van der Waals surface area contributed by atoms with E-state index in [1.165, 1.54) is 4.31 Å². The first-order valence-electron chi connectivity index (χ1n) is 5.51. The van der Waals surface area contributed by atoms with Crippen molar-refractivity contribution in [2.24, 2.45) is 0 Å². The van der Waals surface area contributed by atoms with Crippen molar-refractivity contribution in [3.05, 3.63) is 5.69 Å². The zero-order valence-electron chi connectivity index (χ0n) is 10.6. The van der Waals surface area contributed by atoms with Crippen LogP contribution in [0.4, 0.5) is 5.13 Å². The molecule has 1 rings (SSSR count). The van der Waals surface area contributed by atoms with Crippen molar-refractivity contribution in [2.45, 2.75) is 43.9 Å². The van der Waals surface area contributed by atoms with Crippen LogP contribution in [0.25, 0.3) is 0 Å². The number of hydrogen-bond donors (Lipinski definition) is 1. The van der Waals surface area contributed by atoms with Crippen LogP contribution < -0.4 is 5.73 Å². The molecule has 0 bridgehead atoms. The molecule has 7 heteroatoms. The minimum Gasteiger partial charge on any atom is -0.375 e. The third-order valence-corrected chi connectivity index (χ3v) is 6.26. The van der Waals surface area contributed by atoms with Crippen molar-refractivity contribution in [3.8, 4) is 0 Å². The average Bonchev–Trinajstić information content (AvgIpc) is 2.57. The van der Waals surface area contributed by atoms with E-state index in [1.54, 1.807) is 14.0 Å². The fraction of sp³-hybridized carbons (Fsp3) is 0.700. The predicted octanol–water partition coefficient (Wildman–Crippen LogP) is 1.84. The van der Waals surface area contributed by atoms with Crippen LogP contribution in [0.2, 0.25) is 0 Å². The Morgan fingerprint density at radius 2 is 2.12 bits per heavy atom. The number of anilines is 1. The second-order valence-corrected chi connectivity index (χ2v) is 7.31. The van der Waals surface area contributed by atoms with E-state index in [0.717, 1.165) is 24.2 Å². The van der Waals surface area contributed by atoms with Gasteiger partial charge in [0, 0.05) is 13.1 Å². The van der Waals surface area contributed by atoms with Gasteiger partial charge in [-0.25, -0.2) is 13.4 Å². The van der Waals surface area contributed by atoms with Gasteiger partial charge in [-0.2, -0.15) is 4.31 Å². The van der Waals surface area contributed by atoms with Crippen molar-refractivity contribution in [1.82, 2.24) is 9.29 Å². The zero-order valence-corrected chi connectivity index (χ0v) is 12.2. The molecule has 1 heterocycles. The Hall–Kier alpha value is -0.660. The highest BCUT2D eigenvalue weighted by atomic mass is 32.2. The molecule has 0 amide bonds. The first kappa shape index (κ1) is 14.4. The van der Waals surface area contributed by atoms with E-state index < -0.39 is 10.0 Å². The smallest absolute Gasteiger partial charge is 0.254 e. The molecule has 0 aliphatic rings. The van der Waals surface area contributed by atoms with Gasteiger partial charge in [-0.1, -0.05) is 24.7 Å². The SMILES string of the molecule is CCCC(C)N(C)S(=O)(=O)c1sc(N)nc1C. The van der Waals surface area contributed by atoms with Crippen molar-refractivity contribution in [2.75, 3.05) is 12.8 Å². The monoisotopic (exact) mass is 277 g/mol. The summed E-state index contributed by atoms with van der Waals surface area (Å²) in [6.07, 6.45) is 1.79. The number of nitrogen functional groups attached to an aromatic ring is 1. The van der Waals surface area contributed by atoms with Gasteiger partial charge in [-0.15, -0.1) is 0 Å². The molecular weight excluding hydrogens is 258 g/mol. The van der Waals surface area contributed by atoms with Crippen molar-refractivity contribution in [3.63, 3.8) is 0 Å². The molecule has 2 N–H and O–H groups in total. The molecule has 0 fully saturated rings. The largest absolute Gasteiger partial charge is 0.375 e. The van der Waals surface area contributed by atoms with Crippen LogP contribution in [0, 0.1) is 6.92 Å². The molecule has 1 aromatic heterocycles. The number of hydrogen-bond acceptors (Lipinski definition) is 5. The second-order valence-electron chi connectivity index (χ2n) is 4.08. The summed E-state index contributed by atoms with van der Waals surface area (Å²) in [6, 6.07) is -0.0206. The van der Waals surface area contributed by atoms with Gasteiger partial charge < -0.3 is 5.73 Å². The molecule has 0 spiro atoms. The number of nitrogens with zero attached hydrogens (tertiary/aromatic N) is 2. The Bertz CT molecular complexity index is 482. The van der Waals surface area contributed by atoms with Crippen LogP contribution in [0.15, 0.2) is 4.21 Å². The van der Waals surface area contributed by atoms with E-state index in [-0.39, 0.29) is 15.4 Å². The van der Waals surface area contributed by atoms with Crippen molar-refractivity contribution in [1.29, 1.82) is 0 Å². The molecule has 0 saturated heterocycles. The van der Waals surface area contributed by atoms with Gasteiger partial charge in [0.1, 0.15) is 0 Å².